The van der Waals surface area contributed by atoms with Crippen LogP contribution in [0.1, 0.15) is 36.4 Å². The van der Waals surface area contributed by atoms with E-state index in [1.165, 1.54) is 6.08 Å². The summed E-state index contributed by atoms with van der Waals surface area (Å²) in [5, 5.41) is 9.60. The van der Waals surface area contributed by atoms with Crippen LogP contribution in [0.15, 0.2) is 23.3 Å². The Morgan fingerprint density at radius 1 is 1.64 bits per heavy atom. The maximum absolute atomic E-state index is 9.60. The third-order valence-electron chi connectivity index (χ3n) is 2.24. The van der Waals surface area contributed by atoms with Gasteiger partial charge in [-0.3, -0.25) is 0 Å². The first-order valence-corrected chi connectivity index (χ1v) is 5.34. The molecule has 1 heterocycles. The number of rotatable bonds is 3. The van der Waals surface area contributed by atoms with Crippen LogP contribution in [0, 0.1) is 0 Å². The van der Waals surface area contributed by atoms with Crippen LogP contribution in [-0.4, -0.2) is 15.1 Å². The van der Waals surface area contributed by atoms with Gasteiger partial charge in [-0.15, -0.1) is 6.58 Å². The zero-order chi connectivity index (χ0) is 10.1. The van der Waals surface area contributed by atoms with Crippen molar-refractivity contribution in [3.05, 3.63) is 34.8 Å². The number of halogens is 1. The molecule has 3 nitrogen and oxygen atoms in total. The van der Waals surface area contributed by atoms with Crippen molar-refractivity contribution in [3.8, 4) is 0 Å². The van der Waals surface area contributed by atoms with Gasteiger partial charge in [-0.1, -0.05) is 6.08 Å². The van der Waals surface area contributed by atoms with Gasteiger partial charge < -0.3 is 5.11 Å². The highest BCUT2D eigenvalue weighted by atomic mass is 79.9. The number of hydrogen-bond acceptors (Lipinski definition) is 3. The molecule has 74 valence electrons. The molecule has 0 radical (unpaired) electrons. The summed E-state index contributed by atoms with van der Waals surface area (Å²) < 4.78 is 0.731. The van der Waals surface area contributed by atoms with E-state index in [4.69, 9.17) is 0 Å². The van der Waals surface area contributed by atoms with Crippen LogP contribution in [0.3, 0.4) is 0 Å². The molecule has 4 heteroatoms. The Morgan fingerprint density at radius 3 is 2.93 bits per heavy atom. The normalized spacial score (nSPS) is 17.9. The Bertz CT molecular complexity index is 363. The van der Waals surface area contributed by atoms with Gasteiger partial charge in [-0.05, 0) is 28.8 Å². The second-order valence-corrected chi connectivity index (χ2v) is 4.27. The minimum absolute atomic E-state index is 0.499. The van der Waals surface area contributed by atoms with Crippen LogP contribution in [0.5, 0.6) is 0 Å². The van der Waals surface area contributed by atoms with E-state index >= 15 is 0 Å². The van der Waals surface area contributed by atoms with Crippen LogP contribution >= 0.6 is 15.9 Å². The Balaban J connectivity index is 2.35. The van der Waals surface area contributed by atoms with Gasteiger partial charge in [0.15, 0.2) is 0 Å². The van der Waals surface area contributed by atoms with Crippen LogP contribution in [0.25, 0.3) is 0 Å². The van der Waals surface area contributed by atoms with E-state index in [1.807, 2.05) is 0 Å². The average Bonchev–Trinajstić information content (AvgIpc) is 3.01. The fraction of sp³-hybridized carbons (Fsp3) is 0.400. The van der Waals surface area contributed by atoms with Crippen molar-refractivity contribution in [3.63, 3.8) is 0 Å². The first-order valence-electron chi connectivity index (χ1n) is 4.55. The molecule has 1 saturated carbocycles. The van der Waals surface area contributed by atoms with E-state index in [2.05, 4.69) is 32.5 Å². The lowest BCUT2D eigenvalue weighted by Crippen LogP contribution is -2.03. The van der Waals surface area contributed by atoms with Crippen molar-refractivity contribution in [1.82, 2.24) is 9.97 Å². The lowest BCUT2D eigenvalue weighted by molar-refractivity contribution is 0.222. The minimum atomic E-state index is -0.718. The number of aliphatic hydroxyl groups is 1. The van der Waals surface area contributed by atoms with E-state index < -0.39 is 6.10 Å². The van der Waals surface area contributed by atoms with Gasteiger partial charge in [0.1, 0.15) is 11.9 Å². The number of nitrogens with zero attached hydrogens (tertiary/aromatic N) is 2. The second-order valence-electron chi connectivity index (χ2n) is 3.42. The van der Waals surface area contributed by atoms with E-state index in [0.29, 0.717) is 11.6 Å². The van der Waals surface area contributed by atoms with Gasteiger partial charge in [0.2, 0.25) is 0 Å². The summed E-state index contributed by atoms with van der Waals surface area (Å²) in [4.78, 5) is 8.54. The Hall–Kier alpha value is -0.740. The van der Waals surface area contributed by atoms with Crippen molar-refractivity contribution in [2.45, 2.75) is 24.9 Å². The second kappa shape index (κ2) is 3.79. The molecule has 0 aliphatic heterocycles. The van der Waals surface area contributed by atoms with Gasteiger partial charge in [-0.2, -0.15) is 0 Å². The van der Waals surface area contributed by atoms with Gasteiger partial charge in [0, 0.05) is 12.1 Å². The molecule has 0 amide bonds. The molecule has 1 aromatic rings. The smallest absolute Gasteiger partial charge is 0.131 e. The van der Waals surface area contributed by atoms with Crippen molar-refractivity contribution >= 4 is 15.9 Å². The molecule has 1 fully saturated rings. The molecule has 1 atom stereocenters. The van der Waals surface area contributed by atoms with Crippen LogP contribution in [0.2, 0.25) is 0 Å². The summed E-state index contributed by atoms with van der Waals surface area (Å²) in [6.45, 7) is 3.54. The van der Waals surface area contributed by atoms with Crippen LogP contribution in [0.4, 0.5) is 0 Å². The minimum Gasteiger partial charge on any atom is -0.383 e. The van der Waals surface area contributed by atoms with Crippen molar-refractivity contribution < 1.29 is 5.11 Å². The van der Waals surface area contributed by atoms with Crippen molar-refractivity contribution in [1.29, 1.82) is 0 Å². The SMILES string of the molecule is C=CC(O)c1nc(C2CC2)ncc1Br. The molecular formula is C10H11BrN2O. The predicted molar refractivity (Wildman–Crippen MR) is 56.9 cm³/mol. The highest BCUT2D eigenvalue weighted by molar-refractivity contribution is 9.10. The lowest BCUT2D eigenvalue weighted by atomic mass is 10.2. The first kappa shape index (κ1) is 9.80. The molecule has 0 bridgehead atoms. The fourth-order valence-electron chi connectivity index (χ4n) is 1.25. The summed E-state index contributed by atoms with van der Waals surface area (Å²) in [6, 6.07) is 0. The molecular weight excluding hydrogens is 244 g/mol. The van der Waals surface area contributed by atoms with Gasteiger partial charge in [-0.25, -0.2) is 9.97 Å². The fourth-order valence-corrected chi connectivity index (χ4v) is 1.68. The van der Waals surface area contributed by atoms with Gasteiger partial charge >= 0.3 is 0 Å². The summed E-state index contributed by atoms with van der Waals surface area (Å²) >= 11 is 3.31. The van der Waals surface area contributed by atoms with Crippen molar-refractivity contribution in [2.75, 3.05) is 0 Å². The monoisotopic (exact) mass is 254 g/mol. The molecule has 2 rings (SSSR count). The predicted octanol–water partition coefficient (Wildman–Crippen LogP) is 2.34. The quantitative estimate of drug-likeness (QED) is 0.843. The highest BCUT2D eigenvalue weighted by Gasteiger charge is 2.27. The third kappa shape index (κ3) is 1.86. The summed E-state index contributed by atoms with van der Waals surface area (Å²) in [6.07, 6.45) is 4.76. The molecule has 1 N–H and O–H groups in total. The molecule has 1 aromatic heterocycles. The summed E-state index contributed by atoms with van der Waals surface area (Å²) in [5.74, 6) is 1.34. The molecule has 0 saturated heterocycles. The molecule has 14 heavy (non-hydrogen) atoms. The maximum atomic E-state index is 9.60. The number of aromatic nitrogens is 2. The number of hydrogen-bond donors (Lipinski definition) is 1. The zero-order valence-electron chi connectivity index (χ0n) is 7.65. The van der Waals surface area contributed by atoms with E-state index in [0.717, 1.165) is 23.1 Å². The molecule has 0 aromatic carbocycles. The van der Waals surface area contributed by atoms with Crippen molar-refractivity contribution in [2.24, 2.45) is 0 Å². The van der Waals surface area contributed by atoms with Gasteiger partial charge in [0.05, 0.1) is 10.2 Å². The standard InChI is InChI=1S/C10H11BrN2O/c1-2-8(14)9-7(11)5-12-10(13-9)6-3-4-6/h2,5-6,8,14H,1,3-4H2. The third-order valence-corrected chi connectivity index (χ3v) is 2.85. The molecule has 1 unspecified atom stereocenters. The number of aliphatic hydroxyl groups excluding tert-OH is 1. The Morgan fingerprint density at radius 2 is 2.36 bits per heavy atom. The topological polar surface area (TPSA) is 46.0 Å². The largest absolute Gasteiger partial charge is 0.383 e. The molecule has 0 spiro atoms. The van der Waals surface area contributed by atoms with Gasteiger partial charge in [0.25, 0.3) is 0 Å². The van der Waals surface area contributed by atoms with E-state index in [9.17, 15) is 5.11 Å². The van der Waals surface area contributed by atoms with Crippen LogP contribution in [-0.2, 0) is 0 Å². The van der Waals surface area contributed by atoms with E-state index in [1.54, 1.807) is 6.20 Å². The average molecular weight is 255 g/mol. The van der Waals surface area contributed by atoms with E-state index in [-0.39, 0.29) is 0 Å². The lowest BCUT2D eigenvalue weighted by Gasteiger charge is -2.08. The highest BCUT2D eigenvalue weighted by Crippen LogP contribution is 2.38. The summed E-state index contributed by atoms with van der Waals surface area (Å²) in [5.41, 5.74) is 0.608. The zero-order valence-corrected chi connectivity index (χ0v) is 9.24. The Kier molecular flexibility index (Phi) is 2.65. The maximum Gasteiger partial charge on any atom is 0.131 e. The Labute approximate surface area is 91.0 Å². The molecule has 1 aliphatic rings. The first-order chi connectivity index (χ1) is 6.72. The summed E-state index contributed by atoms with van der Waals surface area (Å²) in [7, 11) is 0. The molecule has 1 aliphatic carbocycles. The van der Waals surface area contributed by atoms with Crippen LogP contribution < -0.4 is 0 Å².